The maximum absolute atomic E-state index is 6.23. The molecule has 2 aromatic carbocycles. The van der Waals surface area contributed by atoms with E-state index in [2.05, 4.69) is 27.1 Å². The van der Waals surface area contributed by atoms with Gasteiger partial charge in [0.25, 0.3) is 0 Å². The van der Waals surface area contributed by atoms with Crippen LogP contribution in [0.5, 0.6) is 0 Å². The van der Waals surface area contributed by atoms with Crippen LogP contribution in [-0.2, 0) is 0 Å². The van der Waals surface area contributed by atoms with E-state index in [0.717, 1.165) is 38.5 Å². The third kappa shape index (κ3) is 3.16. The predicted octanol–water partition coefficient (Wildman–Crippen LogP) is 5.52. The quantitative estimate of drug-likeness (QED) is 0.266. The van der Waals surface area contributed by atoms with Crippen molar-refractivity contribution in [3.05, 3.63) is 65.9 Å². The SMILES string of the molecule is CCSc1nc(Cl)nc2c(-c3ccccc3)nnc(-c3ccccc3)c12. The molecule has 4 rings (SSSR count). The molecule has 4 nitrogen and oxygen atoms in total. The molecule has 0 saturated carbocycles. The Labute approximate surface area is 160 Å². The van der Waals surface area contributed by atoms with Crippen molar-refractivity contribution in [3.63, 3.8) is 0 Å². The minimum atomic E-state index is 0.220. The molecule has 0 saturated heterocycles. The molecule has 4 aromatic rings. The third-order valence-electron chi connectivity index (χ3n) is 3.94. The van der Waals surface area contributed by atoms with Gasteiger partial charge in [0.15, 0.2) is 0 Å². The van der Waals surface area contributed by atoms with Gasteiger partial charge in [-0.2, -0.15) is 0 Å². The lowest BCUT2D eigenvalue weighted by Gasteiger charge is -2.12. The van der Waals surface area contributed by atoms with Crippen LogP contribution in [0.15, 0.2) is 65.7 Å². The summed E-state index contributed by atoms with van der Waals surface area (Å²) < 4.78 is 0. The minimum Gasteiger partial charge on any atom is -0.215 e. The average molecular weight is 379 g/mol. The third-order valence-corrected chi connectivity index (χ3v) is 4.96. The molecule has 0 aliphatic carbocycles. The summed E-state index contributed by atoms with van der Waals surface area (Å²) in [5, 5.41) is 11.0. The molecule has 2 aromatic heterocycles. The maximum Gasteiger partial charge on any atom is 0.224 e. The van der Waals surface area contributed by atoms with Crippen LogP contribution in [0, 0.1) is 0 Å². The van der Waals surface area contributed by atoms with E-state index < -0.39 is 0 Å². The Kier molecular flexibility index (Phi) is 4.82. The zero-order valence-electron chi connectivity index (χ0n) is 14.1. The van der Waals surface area contributed by atoms with E-state index in [9.17, 15) is 0 Å². The zero-order chi connectivity index (χ0) is 17.9. The number of fused-ring (bicyclic) bond motifs is 1. The fraction of sp³-hybridized carbons (Fsp3) is 0.100. The molecule has 0 N–H and O–H groups in total. The summed E-state index contributed by atoms with van der Waals surface area (Å²) in [7, 11) is 0. The fourth-order valence-electron chi connectivity index (χ4n) is 2.83. The van der Waals surface area contributed by atoms with Crippen LogP contribution in [0.4, 0.5) is 0 Å². The summed E-state index contributed by atoms with van der Waals surface area (Å²) in [6.45, 7) is 2.08. The summed E-state index contributed by atoms with van der Waals surface area (Å²) in [6.07, 6.45) is 0. The van der Waals surface area contributed by atoms with Crippen LogP contribution in [0.25, 0.3) is 33.4 Å². The van der Waals surface area contributed by atoms with Crippen molar-refractivity contribution in [2.24, 2.45) is 0 Å². The lowest BCUT2D eigenvalue weighted by molar-refractivity contribution is 1.03. The number of hydrogen-bond acceptors (Lipinski definition) is 5. The summed E-state index contributed by atoms with van der Waals surface area (Å²) in [4.78, 5) is 8.98. The first-order chi connectivity index (χ1) is 12.8. The smallest absolute Gasteiger partial charge is 0.215 e. The highest BCUT2D eigenvalue weighted by molar-refractivity contribution is 7.99. The molecule has 2 heterocycles. The monoisotopic (exact) mass is 378 g/mol. The Morgan fingerprint density at radius 3 is 2.00 bits per heavy atom. The van der Waals surface area contributed by atoms with Crippen LogP contribution < -0.4 is 0 Å². The largest absolute Gasteiger partial charge is 0.224 e. The van der Waals surface area contributed by atoms with E-state index >= 15 is 0 Å². The molecule has 6 heteroatoms. The van der Waals surface area contributed by atoms with Crippen molar-refractivity contribution >= 4 is 34.3 Å². The summed E-state index contributed by atoms with van der Waals surface area (Å²) in [5.41, 5.74) is 4.14. The molecular weight excluding hydrogens is 364 g/mol. The first-order valence-corrected chi connectivity index (χ1v) is 9.62. The van der Waals surface area contributed by atoms with E-state index in [0.29, 0.717) is 5.69 Å². The highest BCUT2D eigenvalue weighted by atomic mass is 35.5. The van der Waals surface area contributed by atoms with Gasteiger partial charge in [0, 0.05) is 11.1 Å². The van der Waals surface area contributed by atoms with Crippen molar-refractivity contribution < 1.29 is 0 Å². The molecule has 128 valence electrons. The predicted molar refractivity (Wildman–Crippen MR) is 107 cm³/mol. The van der Waals surface area contributed by atoms with Crippen LogP contribution in [0.3, 0.4) is 0 Å². The van der Waals surface area contributed by atoms with E-state index in [1.807, 2.05) is 60.7 Å². The van der Waals surface area contributed by atoms with Gasteiger partial charge in [-0.25, -0.2) is 9.97 Å². The zero-order valence-corrected chi connectivity index (χ0v) is 15.6. The van der Waals surface area contributed by atoms with Gasteiger partial charge in [-0.1, -0.05) is 67.6 Å². The number of rotatable bonds is 4. The van der Waals surface area contributed by atoms with Gasteiger partial charge in [-0.3, -0.25) is 0 Å². The molecule has 0 fully saturated rings. The normalized spacial score (nSPS) is 11.0. The molecule has 0 atom stereocenters. The second kappa shape index (κ2) is 7.40. The second-order valence-electron chi connectivity index (χ2n) is 5.58. The summed E-state index contributed by atoms with van der Waals surface area (Å²) in [6, 6.07) is 19.9. The van der Waals surface area contributed by atoms with Crippen LogP contribution in [-0.4, -0.2) is 25.9 Å². The van der Waals surface area contributed by atoms with Gasteiger partial charge in [-0.15, -0.1) is 22.0 Å². The highest BCUT2D eigenvalue weighted by Gasteiger charge is 2.19. The number of nitrogens with zero attached hydrogens (tertiary/aromatic N) is 4. The van der Waals surface area contributed by atoms with Gasteiger partial charge in [0.05, 0.1) is 5.39 Å². The van der Waals surface area contributed by atoms with Crippen molar-refractivity contribution in [3.8, 4) is 22.5 Å². The van der Waals surface area contributed by atoms with E-state index in [1.54, 1.807) is 11.8 Å². The molecule has 0 radical (unpaired) electrons. The van der Waals surface area contributed by atoms with Crippen molar-refractivity contribution in [2.45, 2.75) is 11.9 Å². The van der Waals surface area contributed by atoms with Crippen molar-refractivity contribution in [1.29, 1.82) is 0 Å². The summed E-state index contributed by atoms with van der Waals surface area (Å²) in [5.74, 6) is 0.875. The standard InChI is InChI=1S/C20H15ClN4S/c1-2-26-19-15-16(13-9-5-3-6-10-13)24-25-17(14-11-7-4-8-12-14)18(15)22-20(21)23-19/h3-12H,2H2,1H3. The number of halogens is 1. The van der Waals surface area contributed by atoms with Crippen LogP contribution >= 0.6 is 23.4 Å². The van der Waals surface area contributed by atoms with Gasteiger partial charge in [-0.05, 0) is 17.4 Å². The Morgan fingerprint density at radius 1 is 0.808 bits per heavy atom. The van der Waals surface area contributed by atoms with E-state index in [4.69, 9.17) is 11.6 Å². The summed E-state index contributed by atoms with van der Waals surface area (Å²) >= 11 is 7.86. The number of hydrogen-bond donors (Lipinski definition) is 0. The lowest BCUT2D eigenvalue weighted by Crippen LogP contribution is -2.00. The van der Waals surface area contributed by atoms with Gasteiger partial charge in [0.1, 0.15) is 21.9 Å². The minimum absolute atomic E-state index is 0.220. The van der Waals surface area contributed by atoms with Gasteiger partial charge < -0.3 is 0 Å². The second-order valence-corrected chi connectivity index (χ2v) is 7.17. The molecule has 0 amide bonds. The fourth-order valence-corrected chi connectivity index (χ4v) is 3.81. The Hall–Kier alpha value is -2.50. The topological polar surface area (TPSA) is 51.6 Å². The molecule has 0 bridgehead atoms. The number of aromatic nitrogens is 4. The molecule has 0 aliphatic rings. The van der Waals surface area contributed by atoms with Gasteiger partial charge >= 0.3 is 0 Å². The first-order valence-electron chi connectivity index (χ1n) is 8.25. The number of benzene rings is 2. The van der Waals surface area contributed by atoms with Crippen molar-refractivity contribution in [2.75, 3.05) is 5.75 Å². The first kappa shape index (κ1) is 16.9. The van der Waals surface area contributed by atoms with E-state index in [-0.39, 0.29) is 5.28 Å². The maximum atomic E-state index is 6.23. The van der Waals surface area contributed by atoms with Gasteiger partial charge in [0.2, 0.25) is 5.28 Å². The van der Waals surface area contributed by atoms with Crippen LogP contribution in [0.2, 0.25) is 5.28 Å². The average Bonchev–Trinajstić information content (AvgIpc) is 2.68. The number of thioether (sulfide) groups is 1. The molecule has 26 heavy (non-hydrogen) atoms. The molecule has 0 spiro atoms. The Morgan fingerprint density at radius 2 is 1.38 bits per heavy atom. The molecular formula is C20H15ClN4S. The Balaban J connectivity index is 2.09. The molecule has 0 aliphatic heterocycles. The Bertz CT molecular complexity index is 1060. The van der Waals surface area contributed by atoms with Crippen molar-refractivity contribution in [1.82, 2.24) is 20.2 Å². The highest BCUT2D eigenvalue weighted by Crippen LogP contribution is 2.36. The van der Waals surface area contributed by atoms with E-state index in [1.165, 1.54) is 0 Å². The molecule has 0 unspecified atom stereocenters. The van der Waals surface area contributed by atoms with Crippen LogP contribution in [0.1, 0.15) is 6.92 Å². The lowest BCUT2D eigenvalue weighted by atomic mass is 10.0.